The smallest absolute Gasteiger partial charge is 0.463 e. The van der Waals surface area contributed by atoms with E-state index in [9.17, 15) is 24.5 Å². The molecule has 15 heteroatoms. The van der Waals surface area contributed by atoms with Crippen LogP contribution in [0.1, 0.15) is 31.9 Å². The van der Waals surface area contributed by atoms with Crippen LogP contribution in [-0.2, 0) is 64.7 Å². The lowest BCUT2D eigenvalue weighted by Gasteiger charge is -2.43. The lowest BCUT2D eigenvalue weighted by molar-refractivity contribution is -0.256. The molecule has 14 nitrogen and oxygen atoms in total. The summed E-state index contributed by atoms with van der Waals surface area (Å²) >= 11 is 0. The summed E-state index contributed by atoms with van der Waals surface area (Å²) < 4.78 is 52.5. The summed E-state index contributed by atoms with van der Waals surface area (Å²) in [5, 5.41) is 3.63. The summed E-state index contributed by atoms with van der Waals surface area (Å²) in [6.07, 6.45) is -5.89. The SMILES string of the molecule is CC(=O)OC[C@H]1O[C@H](OP(=O)(OCc2ccccc2)OCc2ccccc2)[C@@H](N=[N+]=[N-])[C@@H](OC(C)=O)[C@@H]1OC(C)=O. The van der Waals surface area contributed by atoms with Crippen LogP contribution in [0.3, 0.4) is 0 Å². The second-order valence-corrected chi connectivity index (χ2v) is 10.4. The van der Waals surface area contributed by atoms with Crippen molar-refractivity contribution in [3.63, 3.8) is 0 Å². The highest BCUT2D eigenvalue weighted by molar-refractivity contribution is 7.48. The first-order chi connectivity index (χ1) is 19.6. The summed E-state index contributed by atoms with van der Waals surface area (Å²) in [7, 11) is -4.52. The van der Waals surface area contributed by atoms with E-state index >= 15 is 0 Å². The maximum atomic E-state index is 14.0. The molecule has 1 fully saturated rings. The highest BCUT2D eigenvalue weighted by Crippen LogP contribution is 2.53. The number of hydrogen-bond donors (Lipinski definition) is 0. The third kappa shape index (κ3) is 9.98. The van der Waals surface area contributed by atoms with Crippen LogP contribution in [0.2, 0.25) is 0 Å². The van der Waals surface area contributed by atoms with Gasteiger partial charge in [-0.25, -0.2) is 4.57 Å². The Hall–Kier alpha value is -3.77. The van der Waals surface area contributed by atoms with Crippen molar-refractivity contribution in [3.05, 3.63) is 82.2 Å². The van der Waals surface area contributed by atoms with E-state index in [2.05, 4.69) is 10.0 Å². The van der Waals surface area contributed by atoms with E-state index in [1.807, 2.05) is 0 Å². The Morgan fingerprint density at radius 1 is 0.854 bits per heavy atom. The van der Waals surface area contributed by atoms with Crippen LogP contribution in [0, 0.1) is 0 Å². The molecular formula is C26H30N3O11P. The molecule has 1 aliphatic heterocycles. The van der Waals surface area contributed by atoms with Crippen molar-refractivity contribution in [1.29, 1.82) is 0 Å². The summed E-state index contributed by atoms with van der Waals surface area (Å²) in [6, 6.07) is 16.0. The summed E-state index contributed by atoms with van der Waals surface area (Å²) in [5.74, 6) is -2.29. The number of carbonyl (C=O) groups is 3. The molecule has 0 aliphatic carbocycles. The number of hydrogen-bond acceptors (Lipinski definition) is 12. The number of azide groups is 1. The first kappa shape index (κ1) is 31.8. The Labute approximate surface area is 236 Å². The third-order valence-corrected chi connectivity index (χ3v) is 6.91. The van der Waals surface area contributed by atoms with Gasteiger partial charge in [0.05, 0.1) is 13.2 Å². The van der Waals surface area contributed by atoms with E-state index in [0.717, 1.165) is 20.8 Å². The Kier molecular flexibility index (Phi) is 11.8. The standard InChI is InChI=1S/C26H30N3O11P/c1-17(30)34-16-22-24(37-18(2)31)25(38-19(3)32)23(28-29-27)26(39-22)40-41(33,35-14-20-10-6-4-7-11-20)36-15-21-12-8-5-9-13-21/h4-13,22-26H,14-16H2,1-3H3/t22-,23+,24-,25-,26-/m1/s1. The minimum atomic E-state index is -4.52. The normalized spacial score (nSPS) is 22.2. The molecule has 5 atom stereocenters. The zero-order chi connectivity index (χ0) is 29.8. The molecule has 41 heavy (non-hydrogen) atoms. The van der Waals surface area contributed by atoms with E-state index in [1.54, 1.807) is 60.7 Å². The van der Waals surface area contributed by atoms with Crippen LogP contribution in [-0.4, -0.2) is 55.2 Å². The van der Waals surface area contributed by atoms with Gasteiger partial charge in [0.15, 0.2) is 18.5 Å². The van der Waals surface area contributed by atoms with Crippen molar-refractivity contribution in [3.8, 4) is 0 Å². The lowest BCUT2D eigenvalue weighted by atomic mass is 9.97. The van der Waals surface area contributed by atoms with E-state index in [-0.39, 0.29) is 13.2 Å². The summed E-state index contributed by atoms with van der Waals surface area (Å²) in [4.78, 5) is 38.2. The number of benzene rings is 2. The van der Waals surface area contributed by atoms with Crippen molar-refractivity contribution >= 4 is 25.7 Å². The van der Waals surface area contributed by atoms with E-state index in [0.29, 0.717) is 11.1 Å². The van der Waals surface area contributed by atoms with Crippen molar-refractivity contribution in [2.45, 2.75) is 64.6 Å². The van der Waals surface area contributed by atoms with Gasteiger partial charge in [-0.05, 0) is 16.7 Å². The van der Waals surface area contributed by atoms with Gasteiger partial charge in [-0.15, -0.1) is 0 Å². The Morgan fingerprint density at radius 2 is 1.37 bits per heavy atom. The van der Waals surface area contributed by atoms with Crippen LogP contribution in [0.15, 0.2) is 65.8 Å². The van der Waals surface area contributed by atoms with Crippen molar-refractivity contribution < 1.29 is 51.5 Å². The topological polar surface area (TPSA) is 182 Å². The monoisotopic (exact) mass is 591 g/mol. The highest BCUT2D eigenvalue weighted by atomic mass is 31.2. The minimum absolute atomic E-state index is 0.188. The van der Waals surface area contributed by atoms with Crippen molar-refractivity contribution in [2.75, 3.05) is 6.61 Å². The van der Waals surface area contributed by atoms with Gasteiger partial charge in [0.25, 0.3) is 0 Å². The molecule has 1 aliphatic rings. The fourth-order valence-corrected chi connectivity index (χ4v) is 5.08. The van der Waals surface area contributed by atoms with Crippen LogP contribution >= 0.6 is 7.82 Å². The molecule has 1 saturated heterocycles. The molecule has 1 heterocycles. The van der Waals surface area contributed by atoms with Gasteiger partial charge in [-0.3, -0.25) is 28.0 Å². The molecule has 0 radical (unpaired) electrons. The number of ether oxygens (including phenoxy) is 4. The van der Waals surface area contributed by atoms with Gasteiger partial charge in [0, 0.05) is 25.7 Å². The minimum Gasteiger partial charge on any atom is -0.463 e. The van der Waals surface area contributed by atoms with E-state index in [1.165, 1.54) is 0 Å². The van der Waals surface area contributed by atoms with Gasteiger partial charge in [0.2, 0.25) is 0 Å². The zero-order valence-corrected chi connectivity index (χ0v) is 23.5. The predicted octanol–water partition coefficient (Wildman–Crippen LogP) is 4.38. The quantitative estimate of drug-likeness (QED) is 0.0805. The second kappa shape index (κ2) is 15.3. The summed E-state index contributed by atoms with van der Waals surface area (Å²) in [5.41, 5.74) is 10.6. The Balaban J connectivity index is 1.96. The van der Waals surface area contributed by atoms with Gasteiger partial charge in [-0.1, -0.05) is 65.8 Å². The largest absolute Gasteiger partial charge is 0.477 e. The molecule has 220 valence electrons. The first-order valence-corrected chi connectivity index (χ1v) is 13.9. The first-order valence-electron chi connectivity index (χ1n) is 12.4. The van der Waals surface area contributed by atoms with E-state index < -0.39 is 63.0 Å². The van der Waals surface area contributed by atoms with Gasteiger partial charge < -0.3 is 18.9 Å². The maximum absolute atomic E-state index is 14.0. The zero-order valence-electron chi connectivity index (χ0n) is 22.6. The molecule has 0 aromatic heterocycles. The molecule has 0 unspecified atom stereocenters. The van der Waals surface area contributed by atoms with Crippen molar-refractivity contribution in [1.82, 2.24) is 0 Å². The number of phosphoric acid groups is 1. The molecular weight excluding hydrogens is 561 g/mol. The average Bonchev–Trinajstić information content (AvgIpc) is 2.94. The van der Waals surface area contributed by atoms with Crippen LogP contribution in [0.25, 0.3) is 10.4 Å². The van der Waals surface area contributed by atoms with Crippen molar-refractivity contribution in [2.24, 2.45) is 5.11 Å². The fourth-order valence-electron chi connectivity index (χ4n) is 3.84. The molecule has 0 bridgehead atoms. The van der Waals surface area contributed by atoms with Crippen LogP contribution in [0.4, 0.5) is 0 Å². The maximum Gasteiger partial charge on any atom is 0.477 e. The summed E-state index contributed by atoms with van der Waals surface area (Å²) in [6.45, 7) is 2.47. The van der Waals surface area contributed by atoms with Gasteiger partial charge >= 0.3 is 25.7 Å². The number of esters is 3. The van der Waals surface area contributed by atoms with Crippen LogP contribution < -0.4 is 0 Å². The molecule has 0 spiro atoms. The molecule has 0 N–H and O–H groups in total. The second-order valence-electron chi connectivity index (χ2n) is 8.76. The third-order valence-electron chi connectivity index (χ3n) is 5.55. The lowest BCUT2D eigenvalue weighted by Crippen LogP contribution is -2.61. The molecule has 0 amide bonds. The number of nitrogens with zero attached hydrogens (tertiary/aromatic N) is 3. The number of phosphoric ester groups is 1. The van der Waals surface area contributed by atoms with Gasteiger partial charge in [0.1, 0.15) is 18.8 Å². The predicted molar refractivity (Wildman–Crippen MR) is 140 cm³/mol. The molecule has 2 aromatic carbocycles. The molecule has 3 rings (SSSR count). The Morgan fingerprint density at radius 3 is 1.83 bits per heavy atom. The van der Waals surface area contributed by atoms with Gasteiger partial charge in [-0.2, -0.15) is 0 Å². The fraction of sp³-hybridized carbons (Fsp3) is 0.423. The van der Waals surface area contributed by atoms with E-state index in [4.69, 9.17) is 32.5 Å². The molecule has 2 aromatic rings. The molecule has 0 saturated carbocycles. The van der Waals surface area contributed by atoms with Crippen LogP contribution in [0.5, 0.6) is 0 Å². The highest BCUT2D eigenvalue weighted by Gasteiger charge is 2.53. The average molecular weight is 592 g/mol. The number of carbonyl (C=O) groups excluding carboxylic acids is 3. The number of rotatable bonds is 13. The Bertz CT molecular complexity index is 1230.